The lowest BCUT2D eigenvalue weighted by molar-refractivity contribution is 0.399. The Kier molecular flexibility index (Phi) is 7.31. The molecule has 3 aromatic rings. The molecule has 0 aliphatic heterocycles. The van der Waals surface area contributed by atoms with Gasteiger partial charge >= 0.3 is 0 Å². The molecule has 0 radical (unpaired) electrons. The number of methoxy groups -OCH3 is 1. The molecule has 0 aliphatic rings. The van der Waals surface area contributed by atoms with Gasteiger partial charge in [0.15, 0.2) is 0 Å². The molecule has 0 aromatic carbocycles. The van der Waals surface area contributed by atoms with Crippen LogP contribution in [0.15, 0.2) is 48.0 Å². The van der Waals surface area contributed by atoms with Crippen LogP contribution in [0.4, 0.5) is 0 Å². The predicted octanol–water partition coefficient (Wildman–Crippen LogP) is 4.26. The summed E-state index contributed by atoms with van der Waals surface area (Å²) in [5.41, 5.74) is 2.62. The van der Waals surface area contributed by atoms with Gasteiger partial charge in [0.05, 0.1) is 30.3 Å². The first-order valence-electron chi connectivity index (χ1n) is 9.34. The van der Waals surface area contributed by atoms with Crippen LogP contribution in [0.25, 0.3) is 11.3 Å². The summed E-state index contributed by atoms with van der Waals surface area (Å²) < 4.78 is 5.29. The highest BCUT2D eigenvalue weighted by Crippen LogP contribution is 2.25. The largest absolute Gasteiger partial charge is 0.481 e. The van der Waals surface area contributed by atoms with E-state index >= 15 is 0 Å². The molecule has 0 fully saturated rings. The van der Waals surface area contributed by atoms with Crippen LogP contribution in [0.3, 0.4) is 0 Å². The Morgan fingerprint density at radius 1 is 0.964 bits per heavy atom. The summed E-state index contributed by atoms with van der Waals surface area (Å²) >= 11 is 1.66. The summed E-state index contributed by atoms with van der Waals surface area (Å²) in [6.45, 7) is 2.26. The lowest BCUT2D eigenvalue weighted by atomic mass is 9.98. The topological polar surface area (TPSA) is 73.7 Å². The van der Waals surface area contributed by atoms with E-state index in [4.69, 9.17) is 4.74 Å². The van der Waals surface area contributed by atoms with Crippen molar-refractivity contribution in [2.45, 2.75) is 37.5 Å². The van der Waals surface area contributed by atoms with Crippen LogP contribution in [0.2, 0.25) is 0 Å². The fourth-order valence-corrected chi connectivity index (χ4v) is 3.18. The average Bonchev–Trinajstić information content (AvgIpc) is 2.77. The predicted molar refractivity (Wildman–Crippen MR) is 111 cm³/mol. The Morgan fingerprint density at radius 3 is 2.43 bits per heavy atom. The van der Waals surface area contributed by atoms with E-state index in [9.17, 15) is 0 Å². The molecule has 3 aromatic heterocycles. The van der Waals surface area contributed by atoms with Crippen LogP contribution in [-0.4, -0.2) is 38.3 Å². The van der Waals surface area contributed by atoms with Gasteiger partial charge in [-0.3, -0.25) is 9.97 Å². The van der Waals surface area contributed by atoms with Crippen LogP contribution in [0, 0.1) is 5.92 Å². The number of hydrogen-bond donors (Lipinski definition) is 0. The third kappa shape index (κ3) is 5.48. The van der Waals surface area contributed by atoms with E-state index in [1.807, 2.05) is 37.0 Å². The molecule has 0 saturated heterocycles. The molecule has 146 valence electrons. The summed E-state index contributed by atoms with van der Waals surface area (Å²) in [4.78, 5) is 23.3. The lowest BCUT2D eigenvalue weighted by Gasteiger charge is -2.11. The number of pyridine rings is 1. The number of rotatable bonds is 9. The molecule has 0 N–H and O–H groups in total. The van der Waals surface area contributed by atoms with Gasteiger partial charge in [0.1, 0.15) is 5.82 Å². The van der Waals surface area contributed by atoms with Gasteiger partial charge in [0, 0.05) is 36.1 Å². The van der Waals surface area contributed by atoms with Crippen molar-refractivity contribution < 1.29 is 4.74 Å². The molecule has 3 rings (SSSR count). The zero-order valence-corrected chi connectivity index (χ0v) is 17.3. The van der Waals surface area contributed by atoms with E-state index in [0.29, 0.717) is 11.8 Å². The molecule has 7 heteroatoms. The molecule has 3 heterocycles. The minimum Gasteiger partial charge on any atom is -0.481 e. The lowest BCUT2D eigenvalue weighted by Crippen LogP contribution is -2.03. The van der Waals surface area contributed by atoms with Crippen molar-refractivity contribution in [2.24, 2.45) is 5.92 Å². The maximum absolute atomic E-state index is 5.29. The van der Waals surface area contributed by atoms with E-state index in [-0.39, 0.29) is 0 Å². The molecule has 1 unspecified atom stereocenters. The Labute approximate surface area is 170 Å². The van der Waals surface area contributed by atoms with Gasteiger partial charge in [-0.15, -0.1) is 11.8 Å². The second kappa shape index (κ2) is 10.1. The first kappa shape index (κ1) is 20.2. The molecule has 0 bridgehead atoms. The second-order valence-corrected chi connectivity index (χ2v) is 7.55. The molecule has 1 atom stereocenters. The third-order valence-electron chi connectivity index (χ3n) is 4.62. The van der Waals surface area contributed by atoms with E-state index in [1.54, 1.807) is 31.3 Å². The smallest absolute Gasteiger partial charge is 0.222 e. The number of aryl methyl sites for hydroxylation is 2. The quantitative estimate of drug-likeness (QED) is 0.501. The van der Waals surface area contributed by atoms with Crippen molar-refractivity contribution in [3.05, 3.63) is 54.6 Å². The summed E-state index contributed by atoms with van der Waals surface area (Å²) in [5.74, 6) is 2.05. The number of aromatic nitrogens is 5. The van der Waals surface area contributed by atoms with Crippen molar-refractivity contribution in [1.29, 1.82) is 0 Å². The highest BCUT2D eigenvalue weighted by Gasteiger charge is 2.10. The average molecular weight is 396 g/mol. The number of hydrogen-bond acceptors (Lipinski definition) is 7. The number of thioether (sulfide) groups is 1. The van der Waals surface area contributed by atoms with Gasteiger partial charge in [-0.05, 0) is 43.6 Å². The Morgan fingerprint density at radius 2 is 1.75 bits per heavy atom. The SMILES string of the molecule is COc1ncccc1-c1cnc(CCC(C)CCc2ncc(SC)cn2)cn1. The first-order valence-corrected chi connectivity index (χ1v) is 10.6. The highest BCUT2D eigenvalue weighted by atomic mass is 32.2. The van der Waals surface area contributed by atoms with Gasteiger partial charge in [-0.25, -0.2) is 15.0 Å². The van der Waals surface area contributed by atoms with E-state index in [0.717, 1.165) is 53.4 Å². The van der Waals surface area contributed by atoms with E-state index < -0.39 is 0 Å². The summed E-state index contributed by atoms with van der Waals surface area (Å²) in [5, 5.41) is 0. The van der Waals surface area contributed by atoms with Gasteiger partial charge in [0.25, 0.3) is 0 Å². The van der Waals surface area contributed by atoms with Crippen LogP contribution >= 0.6 is 11.8 Å². The minimum atomic E-state index is 0.561. The van der Waals surface area contributed by atoms with Crippen molar-refractivity contribution in [2.75, 3.05) is 13.4 Å². The highest BCUT2D eigenvalue weighted by molar-refractivity contribution is 7.98. The third-order valence-corrected chi connectivity index (χ3v) is 5.30. The molecule has 0 spiro atoms. The molecule has 0 aliphatic carbocycles. The van der Waals surface area contributed by atoms with Crippen molar-refractivity contribution in [1.82, 2.24) is 24.9 Å². The summed E-state index contributed by atoms with van der Waals surface area (Å²) in [7, 11) is 1.61. The Hall–Kier alpha value is -2.54. The van der Waals surface area contributed by atoms with Gasteiger partial charge < -0.3 is 4.74 Å². The standard InChI is InChI=1S/C21H25N5OS/c1-15(7-9-20-25-12-17(28-3)13-26-20)6-8-16-11-24-19(14-23-16)18-5-4-10-22-21(18)27-2/h4-5,10-15H,6-9H2,1-3H3. The first-order chi connectivity index (χ1) is 13.7. The molecular formula is C21H25N5OS. The van der Waals surface area contributed by atoms with Crippen LogP contribution in [-0.2, 0) is 12.8 Å². The van der Waals surface area contributed by atoms with Gasteiger partial charge in [0.2, 0.25) is 5.88 Å². The van der Waals surface area contributed by atoms with Crippen molar-refractivity contribution in [3.63, 3.8) is 0 Å². The van der Waals surface area contributed by atoms with Crippen molar-refractivity contribution in [3.8, 4) is 17.1 Å². The maximum Gasteiger partial charge on any atom is 0.222 e. The Bertz CT molecular complexity index is 871. The fraction of sp³-hybridized carbons (Fsp3) is 0.381. The molecule has 0 saturated carbocycles. The van der Waals surface area contributed by atoms with Crippen LogP contribution < -0.4 is 4.74 Å². The van der Waals surface area contributed by atoms with Crippen LogP contribution in [0.1, 0.15) is 31.3 Å². The van der Waals surface area contributed by atoms with Crippen molar-refractivity contribution >= 4 is 11.8 Å². The van der Waals surface area contributed by atoms with Gasteiger partial charge in [-0.2, -0.15) is 0 Å². The zero-order chi connectivity index (χ0) is 19.8. The van der Waals surface area contributed by atoms with E-state index in [2.05, 4.69) is 31.8 Å². The zero-order valence-electron chi connectivity index (χ0n) is 16.5. The second-order valence-electron chi connectivity index (χ2n) is 6.67. The molecule has 28 heavy (non-hydrogen) atoms. The molecule has 0 amide bonds. The minimum absolute atomic E-state index is 0.561. The number of nitrogens with zero attached hydrogens (tertiary/aromatic N) is 5. The van der Waals surface area contributed by atoms with E-state index in [1.165, 1.54) is 0 Å². The summed E-state index contributed by atoms with van der Waals surface area (Å²) in [6.07, 6.45) is 15.1. The Balaban J connectivity index is 1.50. The summed E-state index contributed by atoms with van der Waals surface area (Å²) in [6, 6.07) is 3.80. The fourth-order valence-electron chi connectivity index (χ4n) is 2.86. The molecular weight excluding hydrogens is 370 g/mol. The van der Waals surface area contributed by atoms with Crippen LogP contribution in [0.5, 0.6) is 5.88 Å². The maximum atomic E-state index is 5.29. The number of ether oxygens (including phenoxy) is 1. The molecule has 6 nitrogen and oxygen atoms in total. The van der Waals surface area contributed by atoms with Gasteiger partial charge in [-0.1, -0.05) is 6.92 Å². The normalized spacial score (nSPS) is 12.0. The monoisotopic (exact) mass is 395 g/mol.